The van der Waals surface area contributed by atoms with Crippen molar-refractivity contribution >= 4 is 28.5 Å². The summed E-state index contributed by atoms with van der Waals surface area (Å²) in [4.78, 5) is 16.4. The average molecular weight is 269 g/mol. The van der Waals surface area contributed by atoms with Crippen molar-refractivity contribution in [3.05, 3.63) is 0 Å². The van der Waals surface area contributed by atoms with Crippen LogP contribution in [0, 0.1) is 0 Å². The molecule has 0 aromatic carbocycles. The Morgan fingerprint density at radius 2 is 2.31 bits per heavy atom. The molecule has 0 spiro atoms. The molecule has 1 aromatic heterocycles. The Labute approximate surface area is 99.0 Å². The van der Waals surface area contributed by atoms with E-state index < -0.39 is 13.0 Å². The van der Waals surface area contributed by atoms with E-state index in [0.717, 1.165) is 23.3 Å². The van der Waals surface area contributed by atoms with Crippen molar-refractivity contribution in [1.82, 2.24) is 14.3 Å². The number of hydrogen-bond acceptors (Lipinski definition) is 6. The summed E-state index contributed by atoms with van der Waals surface area (Å²) in [5.41, 5.74) is 0. The van der Waals surface area contributed by atoms with Crippen LogP contribution in [0.1, 0.15) is 0 Å². The summed E-state index contributed by atoms with van der Waals surface area (Å²) in [6.07, 6.45) is -2.55. The number of alkyl halides is 2. The normalized spacial score (nSPS) is 10.6. The maximum atomic E-state index is 11.8. The van der Waals surface area contributed by atoms with E-state index in [2.05, 4.69) is 14.1 Å². The molecule has 1 aromatic rings. The van der Waals surface area contributed by atoms with Gasteiger partial charge in [0.15, 0.2) is 6.61 Å². The van der Waals surface area contributed by atoms with Gasteiger partial charge >= 0.3 is 0 Å². The zero-order chi connectivity index (χ0) is 12.1. The van der Waals surface area contributed by atoms with Gasteiger partial charge in [-0.15, -0.1) is 0 Å². The molecule has 0 fully saturated rings. The number of carbonyl (C=O) groups is 1. The van der Waals surface area contributed by atoms with Gasteiger partial charge in [-0.3, -0.25) is 4.79 Å². The first kappa shape index (κ1) is 13.1. The van der Waals surface area contributed by atoms with Crippen molar-refractivity contribution in [2.24, 2.45) is 0 Å². The summed E-state index contributed by atoms with van der Waals surface area (Å²) < 4.78 is 32.1. The average Bonchev–Trinajstić information content (AvgIpc) is 2.62. The molecule has 0 N–H and O–H groups in total. The van der Waals surface area contributed by atoms with Crippen LogP contribution in [0.15, 0.2) is 5.16 Å². The Bertz CT molecular complexity index is 359. The first-order valence-electron chi connectivity index (χ1n) is 4.13. The molecule has 0 radical (unpaired) electrons. The summed E-state index contributed by atoms with van der Waals surface area (Å²) in [6.45, 7) is -0.721. The third-order valence-corrected chi connectivity index (χ3v) is 2.92. The zero-order valence-electron chi connectivity index (χ0n) is 8.52. The van der Waals surface area contributed by atoms with Crippen molar-refractivity contribution in [2.45, 2.75) is 11.6 Å². The van der Waals surface area contributed by atoms with E-state index in [4.69, 9.17) is 0 Å². The second-order valence-corrected chi connectivity index (χ2v) is 4.44. The van der Waals surface area contributed by atoms with Crippen molar-refractivity contribution in [2.75, 3.05) is 20.7 Å². The van der Waals surface area contributed by atoms with Crippen LogP contribution in [0.25, 0.3) is 0 Å². The van der Waals surface area contributed by atoms with Crippen molar-refractivity contribution in [3.8, 4) is 5.19 Å². The Morgan fingerprint density at radius 1 is 1.62 bits per heavy atom. The minimum atomic E-state index is -2.55. The van der Waals surface area contributed by atoms with Gasteiger partial charge in [0.05, 0.1) is 0 Å². The van der Waals surface area contributed by atoms with Crippen LogP contribution in [0.3, 0.4) is 0 Å². The molecule has 1 heterocycles. The van der Waals surface area contributed by atoms with E-state index in [0.29, 0.717) is 0 Å². The lowest BCUT2D eigenvalue weighted by molar-refractivity contribution is 0.0815. The SMILES string of the molecule is CN(C)C(=O)Sc1nsc(OCC(F)F)n1. The maximum Gasteiger partial charge on any atom is 0.294 e. The summed E-state index contributed by atoms with van der Waals surface area (Å²) in [5, 5.41) is 0.000493. The molecule has 0 aliphatic heterocycles. The Balaban J connectivity index is 2.48. The fraction of sp³-hybridized carbons (Fsp3) is 0.571. The van der Waals surface area contributed by atoms with E-state index >= 15 is 0 Å². The van der Waals surface area contributed by atoms with Gasteiger partial charge in [-0.25, -0.2) is 8.78 Å². The third kappa shape index (κ3) is 4.27. The van der Waals surface area contributed by atoms with Crippen LogP contribution in [0.4, 0.5) is 13.6 Å². The first-order chi connectivity index (χ1) is 7.49. The van der Waals surface area contributed by atoms with Crippen molar-refractivity contribution < 1.29 is 18.3 Å². The van der Waals surface area contributed by atoms with Gasteiger partial charge in [0, 0.05) is 37.4 Å². The molecular weight excluding hydrogens is 260 g/mol. The van der Waals surface area contributed by atoms with Crippen LogP contribution in [-0.2, 0) is 0 Å². The molecule has 0 aliphatic rings. The lowest BCUT2D eigenvalue weighted by Crippen LogP contribution is -2.16. The highest BCUT2D eigenvalue weighted by molar-refractivity contribution is 8.13. The number of carbonyl (C=O) groups excluding carboxylic acids is 1. The molecule has 9 heteroatoms. The minimum Gasteiger partial charge on any atom is -0.463 e. The van der Waals surface area contributed by atoms with Crippen LogP contribution in [0.5, 0.6) is 5.19 Å². The lowest BCUT2D eigenvalue weighted by Gasteiger charge is -2.06. The summed E-state index contributed by atoms with van der Waals surface area (Å²) >= 11 is 1.65. The largest absolute Gasteiger partial charge is 0.463 e. The molecule has 0 unspecified atom stereocenters. The van der Waals surface area contributed by atoms with Crippen molar-refractivity contribution in [1.29, 1.82) is 0 Å². The van der Waals surface area contributed by atoms with Crippen LogP contribution >= 0.6 is 23.3 Å². The number of thioether (sulfide) groups is 1. The van der Waals surface area contributed by atoms with Gasteiger partial charge in [-0.1, -0.05) is 0 Å². The van der Waals surface area contributed by atoms with E-state index in [1.165, 1.54) is 4.90 Å². The molecule has 0 saturated carbocycles. The number of nitrogens with zero attached hydrogens (tertiary/aromatic N) is 3. The summed E-state index contributed by atoms with van der Waals surface area (Å²) in [5.74, 6) is 0. The van der Waals surface area contributed by atoms with Gasteiger partial charge in [0.2, 0.25) is 5.16 Å². The molecule has 0 atom stereocenters. The summed E-state index contributed by atoms with van der Waals surface area (Å²) in [7, 11) is 3.19. The maximum absolute atomic E-state index is 11.8. The topological polar surface area (TPSA) is 55.3 Å². The summed E-state index contributed by atoms with van der Waals surface area (Å²) in [6, 6.07) is 0. The fourth-order valence-corrected chi connectivity index (χ4v) is 1.83. The number of rotatable bonds is 4. The highest BCUT2D eigenvalue weighted by atomic mass is 32.2. The number of amides is 1. The Hall–Kier alpha value is -0.960. The molecular formula is C7H9F2N3O2S2. The predicted molar refractivity (Wildman–Crippen MR) is 56.3 cm³/mol. The second-order valence-electron chi connectivity index (χ2n) is 2.81. The van der Waals surface area contributed by atoms with Gasteiger partial charge in [0.1, 0.15) is 0 Å². The van der Waals surface area contributed by atoms with E-state index in [9.17, 15) is 13.6 Å². The quantitative estimate of drug-likeness (QED) is 0.782. The first-order valence-corrected chi connectivity index (χ1v) is 5.72. The van der Waals surface area contributed by atoms with Gasteiger partial charge in [-0.05, 0) is 0 Å². The molecule has 5 nitrogen and oxygen atoms in total. The monoisotopic (exact) mass is 269 g/mol. The molecule has 1 amide bonds. The van der Waals surface area contributed by atoms with Gasteiger partial charge in [-0.2, -0.15) is 9.36 Å². The molecule has 0 bridgehead atoms. The van der Waals surface area contributed by atoms with Crippen LogP contribution in [0.2, 0.25) is 0 Å². The molecule has 90 valence electrons. The Morgan fingerprint density at radius 3 is 2.88 bits per heavy atom. The van der Waals surface area contributed by atoms with Gasteiger partial charge < -0.3 is 9.64 Å². The van der Waals surface area contributed by atoms with Crippen LogP contribution in [-0.4, -0.2) is 46.6 Å². The van der Waals surface area contributed by atoms with E-state index in [1.54, 1.807) is 14.1 Å². The minimum absolute atomic E-state index is 0.0364. The predicted octanol–water partition coefficient (Wildman–Crippen LogP) is 1.96. The van der Waals surface area contributed by atoms with E-state index in [-0.39, 0.29) is 15.6 Å². The lowest BCUT2D eigenvalue weighted by atomic mass is 10.8. The molecule has 16 heavy (non-hydrogen) atoms. The number of aromatic nitrogens is 2. The molecule has 0 saturated heterocycles. The second kappa shape index (κ2) is 5.94. The van der Waals surface area contributed by atoms with Gasteiger partial charge in [0.25, 0.3) is 16.9 Å². The standard InChI is InChI=1S/C7H9F2N3O2S2/c1-12(2)7(13)15-5-10-6(16-11-5)14-3-4(8)9/h4H,3H2,1-2H3. The van der Waals surface area contributed by atoms with E-state index in [1.807, 2.05) is 0 Å². The number of hydrogen-bond donors (Lipinski definition) is 0. The smallest absolute Gasteiger partial charge is 0.294 e. The highest BCUT2D eigenvalue weighted by Crippen LogP contribution is 2.23. The molecule has 0 aliphatic carbocycles. The number of ether oxygens (including phenoxy) is 1. The van der Waals surface area contributed by atoms with Crippen LogP contribution < -0.4 is 4.74 Å². The fourth-order valence-electron chi connectivity index (χ4n) is 0.601. The third-order valence-electron chi connectivity index (χ3n) is 1.27. The van der Waals surface area contributed by atoms with Crippen molar-refractivity contribution in [3.63, 3.8) is 0 Å². The molecule has 1 rings (SSSR count). The zero-order valence-corrected chi connectivity index (χ0v) is 10.1. The highest BCUT2D eigenvalue weighted by Gasteiger charge is 2.13. The Kier molecular flexibility index (Phi) is 4.87. The number of halogens is 2.